The number of H-pyrrole nitrogens is 1. The van der Waals surface area contributed by atoms with E-state index in [4.69, 9.17) is 9.88 Å². The quantitative estimate of drug-likeness (QED) is 0.582. The van der Waals surface area contributed by atoms with E-state index < -0.39 is 15.9 Å². The molecule has 1 rings (SSSR count). The van der Waals surface area contributed by atoms with E-state index in [9.17, 15) is 13.2 Å². The summed E-state index contributed by atoms with van der Waals surface area (Å²) in [4.78, 5) is 11.5. The molecular weight excluding hydrogens is 260 g/mol. The number of amides is 1. The van der Waals surface area contributed by atoms with Crippen LogP contribution in [0.5, 0.6) is 0 Å². The Morgan fingerprint density at radius 3 is 2.78 bits per heavy atom. The van der Waals surface area contributed by atoms with Crippen LogP contribution in [-0.2, 0) is 14.8 Å². The van der Waals surface area contributed by atoms with Crippen molar-refractivity contribution in [1.29, 1.82) is 0 Å². The van der Waals surface area contributed by atoms with E-state index in [-0.39, 0.29) is 16.3 Å². The van der Waals surface area contributed by atoms with E-state index >= 15 is 0 Å². The van der Waals surface area contributed by atoms with Gasteiger partial charge in [-0.2, -0.15) is 5.10 Å². The fourth-order valence-electron chi connectivity index (χ4n) is 1.42. The second-order valence-corrected chi connectivity index (χ2v) is 5.17. The van der Waals surface area contributed by atoms with Crippen LogP contribution in [0.15, 0.2) is 4.90 Å². The number of aromatic nitrogens is 2. The molecule has 1 aromatic rings. The summed E-state index contributed by atoms with van der Waals surface area (Å²) in [5, 5.41) is 13.7. The first-order valence-corrected chi connectivity index (χ1v) is 6.77. The van der Waals surface area contributed by atoms with Crippen molar-refractivity contribution in [3.8, 4) is 0 Å². The van der Waals surface area contributed by atoms with Crippen molar-refractivity contribution >= 4 is 15.9 Å². The van der Waals surface area contributed by atoms with E-state index in [2.05, 4.69) is 15.5 Å². The van der Waals surface area contributed by atoms with Crippen LogP contribution >= 0.6 is 0 Å². The lowest BCUT2D eigenvalue weighted by atomic mass is 10.3. The Balaban J connectivity index is 2.81. The molecule has 0 saturated carbocycles. The highest BCUT2D eigenvalue weighted by Gasteiger charge is 2.25. The highest BCUT2D eigenvalue weighted by atomic mass is 32.2. The van der Waals surface area contributed by atoms with Gasteiger partial charge in [0.25, 0.3) is 5.91 Å². The van der Waals surface area contributed by atoms with Crippen molar-refractivity contribution in [2.24, 2.45) is 5.14 Å². The number of sulfonamides is 1. The van der Waals surface area contributed by atoms with Gasteiger partial charge in [-0.1, -0.05) is 0 Å². The zero-order valence-electron chi connectivity index (χ0n) is 10.2. The van der Waals surface area contributed by atoms with Crippen LogP contribution in [0.25, 0.3) is 0 Å². The van der Waals surface area contributed by atoms with Crippen LogP contribution in [0.2, 0.25) is 0 Å². The number of aryl methyl sites for hydroxylation is 1. The molecule has 8 nitrogen and oxygen atoms in total. The number of aromatic amines is 1. The number of hydrogen-bond donors (Lipinski definition) is 3. The molecule has 9 heteroatoms. The molecule has 0 aliphatic rings. The Hall–Kier alpha value is -1.45. The van der Waals surface area contributed by atoms with Crippen molar-refractivity contribution in [1.82, 2.24) is 15.5 Å². The number of hydrogen-bond acceptors (Lipinski definition) is 5. The number of nitrogens with one attached hydrogen (secondary N) is 2. The lowest BCUT2D eigenvalue weighted by molar-refractivity contribution is 0.0940. The molecule has 0 radical (unpaired) electrons. The smallest absolute Gasteiger partial charge is 0.273 e. The maximum atomic E-state index is 11.7. The van der Waals surface area contributed by atoms with Crippen molar-refractivity contribution in [2.75, 3.05) is 20.3 Å². The highest BCUT2D eigenvalue weighted by Crippen LogP contribution is 2.15. The Labute approximate surface area is 105 Å². The number of carbonyl (C=O) groups is 1. The minimum absolute atomic E-state index is 0.215. The van der Waals surface area contributed by atoms with E-state index in [1.807, 2.05) is 0 Å². The first kappa shape index (κ1) is 14.6. The average Bonchev–Trinajstić information content (AvgIpc) is 2.66. The summed E-state index contributed by atoms with van der Waals surface area (Å²) < 4.78 is 27.5. The second kappa shape index (κ2) is 5.94. The molecule has 0 saturated heterocycles. The molecule has 1 aromatic heterocycles. The zero-order chi connectivity index (χ0) is 13.8. The largest absolute Gasteiger partial charge is 0.385 e. The molecule has 0 spiro atoms. The van der Waals surface area contributed by atoms with Crippen molar-refractivity contribution < 1.29 is 17.9 Å². The number of carbonyl (C=O) groups excluding carboxylic acids is 1. The number of rotatable bonds is 6. The van der Waals surface area contributed by atoms with E-state index in [0.717, 1.165) is 0 Å². The molecule has 102 valence electrons. The predicted octanol–water partition coefficient (Wildman–Crippen LogP) is -0.868. The van der Waals surface area contributed by atoms with Crippen LogP contribution in [0.3, 0.4) is 0 Å². The van der Waals surface area contributed by atoms with Gasteiger partial charge in [-0.3, -0.25) is 9.89 Å². The third kappa shape index (κ3) is 3.52. The predicted molar refractivity (Wildman–Crippen MR) is 63.5 cm³/mol. The first-order chi connectivity index (χ1) is 8.38. The molecule has 4 N–H and O–H groups in total. The molecule has 0 bridgehead atoms. The highest BCUT2D eigenvalue weighted by molar-refractivity contribution is 7.89. The van der Waals surface area contributed by atoms with E-state index in [1.165, 1.54) is 6.92 Å². The number of nitrogens with two attached hydrogens (primary N) is 1. The molecule has 1 heterocycles. The molecule has 0 fully saturated rings. The summed E-state index contributed by atoms with van der Waals surface area (Å²) in [5.41, 5.74) is 0.0203. The van der Waals surface area contributed by atoms with Crippen molar-refractivity contribution in [3.05, 3.63) is 11.4 Å². The monoisotopic (exact) mass is 276 g/mol. The van der Waals surface area contributed by atoms with Crippen LogP contribution in [0.1, 0.15) is 22.6 Å². The fraction of sp³-hybridized carbons (Fsp3) is 0.556. The molecule has 1 amide bonds. The molecule has 0 unspecified atom stereocenters. The number of methoxy groups -OCH3 is 1. The van der Waals surface area contributed by atoms with Crippen LogP contribution in [0.4, 0.5) is 0 Å². The van der Waals surface area contributed by atoms with Gasteiger partial charge in [0.15, 0.2) is 5.69 Å². The Kier molecular flexibility index (Phi) is 4.82. The summed E-state index contributed by atoms with van der Waals surface area (Å²) in [6.45, 7) is 2.35. The topological polar surface area (TPSA) is 127 Å². The first-order valence-electron chi connectivity index (χ1n) is 5.22. The van der Waals surface area contributed by atoms with Crippen molar-refractivity contribution in [3.63, 3.8) is 0 Å². The van der Waals surface area contributed by atoms with Gasteiger partial charge in [0, 0.05) is 20.3 Å². The Bertz CT molecular complexity index is 523. The Morgan fingerprint density at radius 2 is 2.22 bits per heavy atom. The molecule has 0 aliphatic heterocycles. The van der Waals surface area contributed by atoms with Gasteiger partial charge in [0.1, 0.15) is 4.90 Å². The maximum absolute atomic E-state index is 11.7. The summed E-state index contributed by atoms with van der Waals surface area (Å²) in [6.07, 6.45) is 0.621. The number of ether oxygens (including phenoxy) is 1. The summed E-state index contributed by atoms with van der Waals surface area (Å²) in [5.74, 6) is -0.584. The summed E-state index contributed by atoms with van der Waals surface area (Å²) >= 11 is 0. The third-order valence-corrected chi connectivity index (χ3v) is 3.27. The van der Waals surface area contributed by atoms with Crippen LogP contribution < -0.4 is 10.5 Å². The number of primary sulfonamides is 1. The maximum Gasteiger partial charge on any atom is 0.273 e. The molecule has 18 heavy (non-hydrogen) atoms. The molecule has 0 aromatic carbocycles. The normalized spacial score (nSPS) is 11.5. The van der Waals surface area contributed by atoms with Gasteiger partial charge in [0.05, 0.1) is 5.69 Å². The van der Waals surface area contributed by atoms with E-state index in [1.54, 1.807) is 7.11 Å². The van der Waals surface area contributed by atoms with Gasteiger partial charge in [-0.15, -0.1) is 0 Å². The standard InChI is InChI=1S/C9H16N4O4S/c1-6-8(18(10,15)16)7(13-12-6)9(14)11-4-3-5-17-2/h3-5H2,1-2H3,(H,11,14)(H,12,13)(H2,10,15,16). The summed E-state index contributed by atoms with van der Waals surface area (Å²) in [7, 11) is -2.43. The average molecular weight is 276 g/mol. The van der Waals surface area contributed by atoms with Gasteiger partial charge in [-0.05, 0) is 13.3 Å². The van der Waals surface area contributed by atoms with E-state index in [0.29, 0.717) is 19.6 Å². The molecule has 0 aliphatic carbocycles. The van der Waals surface area contributed by atoms with Crippen molar-refractivity contribution in [2.45, 2.75) is 18.2 Å². The molecule has 0 atom stereocenters. The van der Waals surface area contributed by atoms with Crippen LogP contribution in [0, 0.1) is 6.92 Å². The second-order valence-electron chi connectivity index (χ2n) is 3.67. The van der Waals surface area contributed by atoms with Crippen LogP contribution in [-0.4, -0.2) is 44.8 Å². The van der Waals surface area contributed by atoms with Gasteiger partial charge in [0.2, 0.25) is 10.0 Å². The zero-order valence-corrected chi connectivity index (χ0v) is 11.0. The SMILES string of the molecule is COCCCNC(=O)c1n[nH]c(C)c1S(N)(=O)=O. The van der Waals surface area contributed by atoms with Gasteiger partial charge >= 0.3 is 0 Å². The lowest BCUT2D eigenvalue weighted by Crippen LogP contribution is -2.28. The lowest BCUT2D eigenvalue weighted by Gasteiger charge is -2.04. The van der Waals surface area contributed by atoms with Gasteiger partial charge < -0.3 is 10.1 Å². The molecular formula is C9H16N4O4S. The summed E-state index contributed by atoms with van der Waals surface area (Å²) in [6, 6.07) is 0. The van der Waals surface area contributed by atoms with Gasteiger partial charge in [-0.25, -0.2) is 13.6 Å². The number of nitrogens with zero attached hydrogens (tertiary/aromatic N) is 1. The fourth-order valence-corrected chi connectivity index (χ4v) is 2.30. The minimum atomic E-state index is -3.98. The minimum Gasteiger partial charge on any atom is -0.385 e. The third-order valence-electron chi connectivity index (χ3n) is 2.20. The Morgan fingerprint density at radius 1 is 1.56 bits per heavy atom.